The molecule has 0 aliphatic carbocycles. The summed E-state index contributed by atoms with van der Waals surface area (Å²) in [5.41, 5.74) is 2.17. The van der Waals surface area contributed by atoms with Gasteiger partial charge in [0, 0.05) is 19.0 Å². The summed E-state index contributed by atoms with van der Waals surface area (Å²) in [6, 6.07) is 3.77. The van der Waals surface area contributed by atoms with Crippen LogP contribution in [0.4, 0.5) is 0 Å². The number of esters is 1. The van der Waals surface area contributed by atoms with Gasteiger partial charge in [-0.25, -0.2) is 0 Å². The van der Waals surface area contributed by atoms with Crippen molar-refractivity contribution in [2.75, 3.05) is 27.9 Å². The zero-order valence-corrected chi connectivity index (χ0v) is 17.7. The molecule has 0 saturated carbocycles. The van der Waals surface area contributed by atoms with E-state index in [1.807, 2.05) is 12.1 Å². The predicted molar refractivity (Wildman–Crippen MR) is 106 cm³/mol. The molecular formula is C21H29N3O5. The van der Waals surface area contributed by atoms with Crippen molar-refractivity contribution in [2.24, 2.45) is 5.92 Å². The standard InChI is InChI=1S/C21H29N3O5/c1-13(2)8-19-22-20(29-23-19)12-24-7-6-14-9-17(26-3)18(27-4)10-15(14)16(24)11-21(25)28-5/h9-10,13,16H,6-8,11-12H2,1-5H3. The van der Waals surface area contributed by atoms with Crippen molar-refractivity contribution < 1.29 is 23.5 Å². The van der Waals surface area contributed by atoms with Gasteiger partial charge in [-0.3, -0.25) is 9.69 Å². The van der Waals surface area contributed by atoms with Crippen LogP contribution in [0.25, 0.3) is 0 Å². The summed E-state index contributed by atoms with van der Waals surface area (Å²) in [4.78, 5) is 18.8. The van der Waals surface area contributed by atoms with Gasteiger partial charge in [-0.15, -0.1) is 0 Å². The van der Waals surface area contributed by atoms with Crippen molar-refractivity contribution in [3.05, 3.63) is 35.0 Å². The highest BCUT2D eigenvalue weighted by molar-refractivity contribution is 5.70. The minimum Gasteiger partial charge on any atom is -0.493 e. The van der Waals surface area contributed by atoms with Gasteiger partial charge in [0.1, 0.15) is 0 Å². The maximum atomic E-state index is 12.1. The van der Waals surface area contributed by atoms with Crippen LogP contribution in [0.3, 0.4) is 0 Å². The highest BCUT2D eigenvalue weighted by Gasteiger charge is 2.32. The molecule has 0 amide bonds. The van der Waals surface area contributed by atoms with Crippen LogP contribution < -0.4 is 9.47 Å². The second-order valence-electron chi connectivity index (χ2n) is 7.62. The molecule has 1 atom stereocenters. The van der Waals surface area contributed by atoms with Gasteiger partial charge >= 0.3 is 5.97 Å². The Morgan fingerprint density at radius 3 is 2.62 bits per heavy atom. The third-order valence-electron chi connectivity index (χ3n) is 5.14. The zero-order valence-electron chi connectivity index (χ0n) is 17.7. The molecule has 1 aliphatic rings. The maximum Gasteiger partial charge on any atom is 0.307 e. The molecule has 0 bridgehead atoms. The monoisotopic (exact) mass is 403 g/mol. The summed E-state index contributed by atoms with van der Waals surface area (Å²) in [7, 11) is 4.63. The molecule has 1 aromatic carbocycles. The van der Waals surface area contributed by atoms with Crippen molar-refractivity contribution >= 4 is 5.97 Å². The molecule has 158 valence electrons. The van der Waals surface area contributed by atoms with Gasteiger partial charge in [-0.05, 0) is 35.6 Å². The van der Waals surface area contributed by atoms with E-state index in [4.69, 9.17) is 18.7 Å². The lowest BCUT2D eigenvalue weighted by atomic mass is 9.90. The van der Waals surface area contributed by atoms with Crippen molar-refractivity contribution in [1.29, 1.82) is 0 Å². The highest BCUT2D eigenvalue weighted by Crippen LogP contribution is 2.40. The number of fused-ring (bicyclic) bond motifs is 1. The molecule has 8 heteroatoms. The molecule has 1 aliphatic heterocycles. The zero-order chi connectivity index (χ0) is 21.0. The normalized spacial score (nSPS) is 16.6. The quantitative estimate of drug-likeness (QED) is 0.622. The van der Waals surface area contributed by atoms with E-state index < -0.39 is 0 Å². The molecule has 3 rings (SSSR count). The van der Waals surface area contributed by atoms with Crippen LogP contribution in [-0.2, 0) is 28.9 Å². The van der Waals surface area contributed by atoms with Crippen molar-refractivity contribution in [1.82, 2.24) is 15.0 Å². The Morgan fingerprint density at radius 1 is 1.24 bits per heavy atom. The van der Waals surface area contributed by atoms with E-state index in [0.717, 1.165) is 30.5 Å². The first-order chi connectivity index (χ1) is 13.9. The first kappa shape index (κ1) is 21.1. The number of benzene rings is 1. The minimum atomic E-state index is -0.270. The number of hydrogen-bond donors (Lipinski definition) is 0. The van der Waals surface area contributed by atoms with E-state index >= 15 is 0 Å². The van der Waals surface area contributed by atoms with Gasteiger partial charge in [0.25, 0.3) is 0 Å². The predicted octanol–water partition coefficient (Wildman–Crippen LogP) is 2.95. The molecule has 2 heterocycles. The van der Waals surface area contributed by atoms with Crippen LogP contribution >= 0.6 is 0 Å². The fourth-order valence-corrected chi connectivity index (χ4v) is 3.73. The molecule has 0 fully saturated rings. The molecule has 0 N–H and O–H groups in total. The van der Waals surface area contributed by atoms with E-state index in [0.29, 0.717) is 35.7 Å². The number of rotatable bonds is 8. The Morgan fingerprint density at radius 2 is 1.97 bits per heavy atom. The summed E-state index contributed by atoms with van der Waals surface area (Å²) in [6.45, 7) is 5.46. The Kier molecular flexibility index (Phi) is 6.74. The van der Waals surface area contributed by atoms with Gasteiger partial charge in [0.2, 0.25) is 5.89 Å². The molecule has 1 unspecified atom stereocenters. The molecule has 0 saturated heterocycles. The second-order valence-corrected chi connectivity index (χ2v) is 7.62. The summed E-state index contributed by atoms with van der Waals surface area (Å²) in [5, 5.41) is 4.08. The van der Waals surface area contributed by atoms with Crippen molar-refractivity contribution in [2.45, 2.75) is 45.7 Å². The number of ether oxygens (including phenoxy) is 3. The van der Waals surface area contributed by atoms with Gasteiger partial charge in [0.15, 0.2) is 17.3 Å². The van der Waals surface area contributed by atoms with Crippen LogP contribution in [-0.4, -0.2) is 48.9 Å². The third kappa shape index (κ3) is 4.87. The second kappa shape index (κ2) is 9.26. The summed E-state index contributed by atoms with van der Waals surface area (Å²) >= 11 is 0. The van der Waals surface area contributed by atoms with Gasteiger partial charge < -0.3 is 18.7 Å². The van der Waals surface area contributed by atoms with Crippen molar-refractivity contribution in [3.63, 3.8) is 0 Å². The topological polar surface area (TPSA) is 86.9 Å². The molecule has 1 aromatic heterocycles. The highest BCUT2D eigenvalue weighted by atomic mass is 16.5. The average molecular weight is 403 g/mol. The number of hydrogen-bond acceptors (Lipinski definition) is 8. The molecule has 0 radical (unpaired) electrons. The molecule has 2 aromatic rings. The van der Waals surface area contributed by atoms with Crippen molar-refractivity contribution in [3.8, 4) is 11.5 Å². The summed E-state index contributed by atoms with van der Waals surface area (Å²) in [6.07, 6.45) is 1.82. The third-order valence-corrected chi connectivity index (χ3v) is 5.14. The van der Waals surface area contributed by atoms with Gasteiger partial charge in [0.05, 0.1) is 34.3 Å². The molecule has 29 heavy (non-hydrogen) atoms. The average Bonchev–Trinajstić information content (AvgIpc) is 3.14. The Balaban J connectivity index is 1.89. The number of carbonyl (C=O) groups excluding carboxylic acids is 1. The number of carbonyl (C=O) groups is 1. The lowest BCUT2D eigenvalue weighted by Gasteiger charge is -2.36. The largest absolute Gasteiger partial charge is 0.493 e. The number of nitrogens with zero attached hydrogens (tertiary/aromatic N) is 3. The Hall–Kier alpha value is -2.61. The van der Waals surface area contributed by atoms with Gasteiger partial charge in [-0.2, -0.15) is 4.98 Å². The summed E-state index contributed by atoms with van der Waals surface area (Å²) < 4.78 is 21.3. The lowest BCUT2D eigenvalue weighted by Crippen LogP contribution is -2.36. The van der Waals surface area contributed by atoms with E-state index in [-0.39, 0.29) is 18.4 Å². The molecular weight excluding hydrogens is 374 g/mol. The fraction of sp³-hybridized carbons (Fsp3) is 0.571. The van der Waals surface area contributed by atoms with E-state index in [9.17, 15) is 4.79 Å². The smallest absolute Gasteiger partial charge is 0.307 e. The maximum absolute atomic E-state index is 12.1. The minimum absolute atomic E-state index is 0.175. The number of methoxy groups -OCH3 is 3. The Labute approximate surface area is 171 Å². The summed E-state index contributed by atoms with van der Waals surface area (Å²) in [5.74, 6) is 2.78. The molecule has 0 spiro atoms. The van der Waals surface area contributed by atoms with Crippen LogP contribution in [0.2, 0.25) is 0 Å². The van der Waals surface area contributed by atoms with Crippen LogP contribution in [0.5, 0.6) is 11.5 Å². The fourth-order valence-electron chi connectivity index (χ4n) is 3.73. The first-order valence-electron chi connectivity index (χ1n) is 9.82. The SMILES string of the molecule is COC(=O)CC1c2cc(OC)c(OC)cc2CCN1Cc1nc(CC(C)C)no1. The van der Waals surface area contributed by atoms with E-state index in [1.54, 1.807) is 14.2 Å². The van der Waals surface area contributed by atoms with E-state index in [2.05, 4.69) is 28.9 Å². The first-order valence-corrected chi connectivity index (χ1v) is 9.82. The van der Waals surface area contributed by atoms with Crippen LogP contribution in [0.1, 0.15) is 49.2 Å². The van der Waals surface area contributed by atoms with Crippen LogP contribution in [0, 0.1) is 5.92 Å². The molecule has 8 nitrogen and oxygen atoms in total. The number of aromatic nitrogens is 2. The Bertz CT molecular complexity index is 849. The van der Waals surface area contributed by atoms with Crippen LogP contribution in [0.15, 0.2) is 16.7 Å². The van der Waals surface area contributed by atoms with Gasteiger partial charge in [-0.1, -0.05) is 19.0 Å². The van der Waals surface area contributed by atoms with E-state index in [1.165, 1.54) is 7.11 Å². The lowest BCUT2D eigenvalue weighted by molar-refractivity contribution is -0.142.